The first kappa shape index (κ1) is 16.8. The van der Waals surface area contributed by atoms with Gasteiger partial charge in [-0.2, -0.15) is 0 Å². The van der Waals surface area contributed by atoms with Gasteiger partial charge in [0.15, 0.2) is 0 Å². The number of halogens is 1. The average molecular weight is 285 g/mol. The third-order valence-corrected chi connectivity index (χ3v) is 2.85. The Balaban J connectivity index is 2.78. The fourth-order valence-corrected chi connectivity index (χ4v) is 1.87. The van der Waals surface area contributed by atoms with Crippen molar-refractivity contribution in [1.29, 1.82) is 0 Å². The summed E-state index contributed by atoms with van der Waals surface area (Å²) in [6.07, 6.45) is 1.21. The molecule has 1 rings (SSSR count). The zero-order valence-electron chi connectivity index (χ0n) is 12.3. The van der Waals surface area contributed by atoms with Crippen molar-refractivity contribution in [3.63, 3.8) is 0 Å². The zero-order chi connectivity index (χ0) is 14.8. The third kappa shape index (κ3) is 5.40. The summed E-state index contributed by atoms with van der Waals surface area (Å²) < 4.78 is 24.0. The van der Waals surface area contributed by atoms with Gasteiger partial charge in [-0.25, -0.2) is 9.37 Å². The van der Waals surface area contributed by atoms with Crippen LogP contribution < -0.4 is 10.6 Å². The molecule has 20 heavy (non-hydrogen) atoms. The number of nitrogens with zero attached hydrogens (tertiary/aromatic N) is 2. The van der Waals surface area contributed by atoms with Crippen LogP contribution in [0.2, 0.25) is 0 Å². The van der Waals surface area contributed by atoms with Gasteiger partial charge in [0.05, 0.1) is 19.4 Å². The maximum absolute atomic E-state index is 13.2. The van der Waals surface area contributed by atoms with Crippen LogP contribution in [0.4, 0.5) is 10.2 Å². The lowest BCUT2D eigenvalue weighted by atomic mass is 10.2. The van der Waals surface area contributed by atoms with Crippen LogP contribution in [0, 0.1) is 5.82 Å². The summed E-state index contributed by atoms with van der Waals surface area (Å²) in [6.45, 7) is 8.01. The molecule has 0 amide bonds. The quantitative estimate of drug-likeness (QED) is 0.661. The molecule has 0 saturated heterocycles. The number of aromatic nitrogens is 1. The Kier molecular flexibility index (Phi) is 8.10. The summed E-state index contributed by atoms with van der Waals surface area (Å²) in [5.41, 5.74) is 6.36. The van der Waals surface area contributed by atoms with Crippen molar-refractivity contribution in [2.75, 3.05) is 44.4 Å². The molecular weight excluding hydrogens is 261 g/mol. The first-order valence-electron chi connectivity index (χ1n) is 6.97. The molecule has 1 aromatic rings. The number of hydrogen-bond donors (Lipinski definition) is 1. The maximum Gasteiger partial charge on any atom is 0.141 e. The van der Waals surface area contributed by atoms with Crippen molar-refractivity contribution >= 4 is 5.82 Å². The van der Waals surface area contributed by atoms with Gasteiger partial charge in [-0.1, -0.05) is 0 Å². The van der Waals surface area contributed by atoms with Crippen molar-refractivity contribution in [2.45, 2.75) is 20.4 Å². The second kappa shape index (κ2) is 9.63. The number of rotatable bonds is 10. The van der Waals surface area contributed by atoms with E-state index in [1.807, 2.05) is 18.7 Å². The van der Waals surface area contributed by atoms with Crippen LogP contribution in [0.3, 0.4) is 0 Å². The monoisotopic (exact) mass is 285 g/mol. The topological polar surface area (TPSA) is 60.6 Å². The van der Waals surface area contributed by atoms with Gasteiger partial charge >= 0.3 is 0 Å². The van der Waals surface area contributed by atoms with Gasteiger partial charge in [0.1, 0.15) is 11.6 Å². The van der Waals surface area contributed by atoms with E-state index in [4.69, 9.17) is 15.2 Å². The van der Waals surface area contributed by atoms with Gasteiger partial charge in [-0.05, 0) is 19.9 Å². The van der Waals surface area contributed by atoms with E-state index in [9.17, 15) is 4.39 Å². The van der Waals surface area contributed by atoms with Gasteiger partial charge in [-0.3, -0.25) is 0 Å². The fourth-order valence-electron chi connectivity index (χ4n) is 1.87. The molecule has 0 spiro atoms. The van der Waals surface area contributed by atoms with E-state index in [-0.39, 0.29) is 12.4 Å². The summed E-state index contributed by atoms with van der Waals surface area (Å²) >= 11 is 0. The standard InChI is InChI=1S/C14H24FN3O2/c1-3-19-7-5-18(6-8-20-4-2)14-12(10-16)9-13(15)11-17-14/h9,11H,3-8,10,16H2,1-2H3. The maximum atomic E-state index is 13.2. The molecule has 2 N–H and O–H groups in total. The molecule has 0 aliphatic rings. The van der Waals surface area contributed by atoms with Crippen LogP contribution >= 0.6 is 0 Å². The van der Waals surface area contributed by atoms with Crippen molar-refractivity contribution < 1.29 is 13.9 Å². The molecule has 0 saturated carbocycles. The predicted octanol–water partition coefficient (Wildman–Crippen LogP) is 1.56. The summed E-state index contributed by atoms with van der Waals surface area (Å²) in [5.74, 6) is 0.331. The summed E-state index contributed by atoms with van der Waals surface area (Å²) in [7, 11) is 0. The molecule has 0 aliphatic heterocycles. The normalized spacial score (nSPS) is 10.8. The number of hydrogen-bond acceptors (Lipinski definition) is 5. The lowest BCUT2D eigenvalue weighted by Gasteiger charge is -2.25. The second-order valence-electron chi connectivity index (χ2n) is 4.22. The Labute approximate surface area is 119 Å². The number of nitrogens with two attached hydrogens (primary N) is 1. The van der Waals surface area contributed by atoms with Crippen molar-refractivity contribution in [1.82, 2.24) is 4.98 Å². The van der Waals surface area contributed by atoms with Gasteiger partial charge in [0.2, 0.25) is 0 Å². The molecular formula is C14H24FN3O2. The van der Waals surface area contributed by atoms with E-state index in [0.717, 1.165) is 0 Å². The van der Waals surface area contributed by atoms with Crippen LogP contribution in [-0.4, -0.2) is 44.5 Å². The Morgan fingerprint density at radius 3 is 2.30 bits per heavy atom. The van der Waals surface area contributed by atoms with Crippen LogP contribution in [0.5, 0.6) is 0 Å². The Morgan fingerprint density at radius 1 is 1.20 bits per heavy atom. The lowest BCUT2D eigenvalue weighted by molar-refractivity contribution is 0.141. The van der Waals surface area contributed by atoms with E-state index in [2.05, 4.69) is 4.98 Å². The number of pyridine rings is 1. The molecule has 6 heteroatoms. The Morgan fingerprint density at radius 2 is 1.80 bits per heavy atom. The average Bonchev–Trinajstić information content (AvgIpc) is 2.46. The summed E-state index contributed by atoms with van der Waals surface area (Å²) in [5, 5.41) is 0. The van der Waals surface area contributed by atoms with Crippen molar-refractivity contribution in [3.8, 4) is 0 Å². The minimum Gasteiger partial charge on any atom is -0.380 e. The van der Waals surface area contributed by atoms with E-state index in [1.54, 1.807) is 0 Å². The highest BCUT2D eigenvalue weighted by Gasteiger charge is 2.13. The first-order valence-corrected chi connectivity index (χ1v) is 6.97. The number of ether oxygens (including phenoxy) is 2. The van der Waals surface area contributed by atoms with Crippen LogP contribution in [0.15, 0.2) is 12.3 Å². The van der Waals surface area contributed by atoms with Crippen molar-refractivity contribution in [2.24, 2.45) is 5.73 Å². The highest BCUT2D eigenvalue weighted by molar-refractivity contribution is 5.46. The largest absolute Gasteiger partial charge is 0.380 e. The molecule has 0 fully saturated rings. The van der Waals surface area contributed by atoms with E-state index in [0.29, 0.717) is 50.9 Å². The van der Waals surface area contributed by atoms with E-state index in [1.165, 1.54) is 12.3 Å². The van der Waals surface area contributed by atoms with Gasteiger partial charge in [0.25, 0.3) is 0 Å². The van der Waals surface area contributed by atoms with Crippen LogP contribution in [0.25, 0.3) is 0 Å². The SMILES string of the molecule is CCOCCN(CCOCC)c1ncc(F)cc1CN. The number of anilines is 1. The second-order valence-corrected chi connectivity index (χ2v) is 4.22. The molecule has 114 valence electrons. The predicted molar refractivity (Wildman–Crippen MR) is 77.3 cm³/mol. The minimum absolute atomic E-state index is 0.250. The van der Waals surface area contributed by atoms with Gasteiger partial charge < -0.3 is 20.1 Å². The third-order valence-electron chi connectivity index (χ3n) is 2.85. The molecule has 1 aromatic heterocycles. The van der Waals surface area contributed by atoms with Gasteiger partial charge in [0, 0.05) is 38.4 Å². The smallest absolute Gasteiger partial charge is 0.141 e. The van der Waals surface area contributed by atoms with E-state index >= 15 is 0 Å². The Bertz CT molecular complexity index is 381. The highest BCUT2D eigenvalue weighted by Crippen LogP contribution is 2.18. The van der Waals surface area contributed by atoms with E-state index < -0.39 is 0 Å². The Hall–Kier alpha value is -1.24. The molecule has 0 atom stereocenters. The summed E-state index contributed by atoms with van der Waals surface area (Å²) in [6, 6.07) is 1.43. The fraction of sp³-hybridized carbons (Fsp3) is 0.643. The van der Waals surface area contributed by atoms with Crippen LogP contribution in [0.1, 0.15) is 19.4 Å². The first-order chi connectivity index (χ1) is 9.72. The minimum atomic E-state index is -0.372. The molecule has 0 unspecified atom stereocenters. The molecule has 0 radical (unpaired) electrons. The molecule has 0 bridgehead atoms. The van der Waals surface area contributed by atoms with Gasteiger partial charge in [-0.15, -0.1) is 0 Å². The zero-order valence-corrected chi connectivity index (χ0v) is 12.3. The molecule has 1 heterocycles. The highest BCUT2D eigenvalue weighted by atomic mass is 19.1. The summed E-state index contributed by atoms with van der Waals surface area (Å²) in [4.78, 5) is 6.19. The molecule has 5 nitrogen and oxygen atoms in total. The molecule has 0 aromatic carbocycles. The molecule has 0 aliphatic carbocycles. The van der Waals surface area contributed by atoms with Crippen molar-refractivity contribution in [3.05, 3.63) is 23.6 Å². The lowest BCUT2D eigenvalue weighted by Crippen LogP contribution is -2.33. The van der Waals surface area contributed by atoms with Crippen LogP contribution in [-0.2, 0) is 16.0 Å².